The molecule has 0 aliphatic carbocycles. The van der Waals surface area contributed by atoms with Crippen molar-refractivity contribution in [2.75, 3.05) is 7.11 Å². The molecule has 0 aromatic heterocycles. The van der Waals surface area contributed by atoms with Crippen molar-refractivity contribution in [1.82, 2.24) is 0 Å². The van der Waals surface area contributed by atoms with Crippen LogP contribution in [-0.4, -0.2) is 13.2 Å². The molecule has 1 aromatic rings. The summed E-state index contributed by atoms with van der Waals surface area (Å²) in [5, 5.41) is 0. The van der Waals surface area contributed by atoms with Crippen molar-refractivity contribution in [3.63, 3.8) is 0 Å². The molecule has 1 rings (SSSR count). The number of nitrogens with zero attached hydrogens (tertiary/aromatic N) is 1. The van der Waals surface area contributed by atoms with Gasteiger partial charge in [-0.15, -0.1) is 0 Å². The van der Waals surface area contributed by atoms with Gasteiger partial charge in [-0.1, -0.05) is 0 Å². The van der Waals surface area contributed by atoms with Crippen molar-refractivity contribution in [2.24, 2.45) is 4.99 Å². The van der Waals surface area contributed by atoms with Gasteiger partial charge < -0.3 is 4.74 Å². The van der Waals surface area contributed by atoms with Gasteiger partial charge in [-0.25, -0.2) is 4.79 Å². The molecule has 0 aliphatic rings. The second kappa shape index (κ2) is 4.04. The zero-order valence-electron chi connectivity index (χ0n) is 6.37. The number of aliphatic imine (C=N–C) groups is 1. The Morgan fingerprint density at radius 2 is 2.33 bits per heavy atom. The maximum Gasteiger partial charge on any atom is 0.240 e. The molecule has 0 unspecified atom stereocenters. The van der Waals surface area contributed by atoms with E-state index in [-0.39, 0.29) is 0 Å². The topological polar surface area (TPSA) is 38.7 Å². The van der Waals surface area contributed by atoms with E-state index in [1.54, 1.807) is 25.3 Å². The Hall–Kier alpha value is -1.12. The van der Waals surface area contributed by atoms with E-state index >= 15 is 0 Å². The SMILES string of the molecule is COc1ccc(N=C=O)c(Br)c1. The van der Waals surface area contributed by atoms with E-state index in [1.165, 1.54) is 6.08 Å². The third kappa shape index (κ3) is 1.94. The summed E-state index contributed by atoms with van der Waals surface area (Å²) in [6.07, 6.45) is 1.47. The molecule has 0 saturated carbocycles. The number of benzene rings is 1. The quantitative estimate of drug-likeness (QED) is 0.575. The summed E-state index contributed by atoms with van der Waals surface area (Å²) < 4.78 is 5.67. The summed E-state index contributed by atoms with van der Waals surface area (Å²) in [6.45, 7) is 0. The lowest BCUT2D eigenvalue weighted by Crippen LogP contribution is -1.81. The predicted octanol–water partition coefficient (Wildman–Crippen LogP) is 2.42. The van der Waals surface area contributed by atoms with Crippen LogP contribution in [0.15, 0.2) is 27.7 Å². The minimum absolute atomic E-state index is 0.547. The van der Waals surface area contributed by atoms with Crippen LogP contribution in [0, 0.1) is 0 Å². The first-order valence-corrected chi connectivity index (χ1v) is 3.98. The summed E-state index contributed by atoms with van der Waals surface area (Å²) in [7, 11) is 1.57. The monoisotopic (exact) mass is 227 g/mol. The fourth-order valence-electron chi connectivity index (χ4n) is 0.754. The van der Waals surface area contributed by atoms with Crippen LogP contribution in [0.1, 0.15) is 0 Å². The number of halogens is 1. The molecule has 0 saturated heterocycles. The van der Waals surface area contributed by atoms with E-state index in [2.05, 4.69) is 20.9 Å². The lowest BCUT2D eigenvalue weighted by molar-refractivity contribution is 0.414. The number of methoxy groups -OCH3 is 1. The molecule has 0 amide bonds. The Kier molecular flexibility index (Phi) is 3.02. The van der Waals surface area contributed by atoms with E-state index in [0.29, 0.717) is 15.9 Å². The fourth-order valence-corrected chi connectivity index (χ4v) is 1.20. The van der Waals surface area contributed by atoms with Gasteiger partial charge in [0.1, 0.15) is 5.75 Å². The average molecular weight is 228 g/mol. The molecule has 0 radical (unpaired) electrons. The van der Waals surface area contributed by atoms with Crippen LogP contribution in [0.3, 0.4) is 0 Å². The largest absolute Gasteiger partial charge is 0.497 e. The molecule has 0 aliphatic heterocycles. The summed E-state index contributed by atoms with van der Waals surface area (Å²) in [4.78, 5) is 13.4. The van der Waals surface area contributed by atoms with Crippen molar-refractivity contribution < 1.29 is 9.53 Å². The Labute approximate surface area is 78.2 Å². The molecule has 3 nitrogen and oxygen atoms in total. The number of isocyanates is 1. The van der Waals surface area contributed by atoms with Crippen molar-refractivity contribution in [3.05, 3.63) is 22.7 Å². The first kappa shape index (κ1) is 8.97. The zero-order valence-corrected chi connectivity index (χ0v) is 7.96. The van der Waals surface area contributed by atoms with E-state index in [0.717, 1.165) is 0 Å². The van der Waals surface area contributed by atoms with Crippen LogP contribution in [-0.2, 0) is 4.79 Å². The van der Waals surface area contributed by atoms with Crippen molar-refractivity contribution in [2.45, 2.75) is 0 Å². The van der Waals surface area contributed by atoms with Crippen LogP contribution < -0.4 is 4.74 Å². The van der Waals surface area contributed by atoms with Gasteiger partial charge in [-0.2, -0.15) is 4.99 Å². The molecule has 12 heavy (non-hydrogen) atoms. The van der Waals surface area contributed by atoms with Gasteiger partial charge in [0.25, 0.3) is 0 Å². The smallest absolute Gasteiger partial charge is 0.240 e. The van der Waals surface area contributed by atoms with Crippen LogP contribution in [0.2, 0.25) is 0 Å². The molecule has 0 atom stereocenters. The number of hydrogen-bond acceptors (Lipinski definition) is 3. The zero-order chi connectivity index (χ0) is 8.97. The summed E-state index contributed by atoms with van der Waals surface area (Å²) in [5.41, 5.74) is 0.547. The van der Waals surface area contributed by atoms with Crippen LogP contribution in [0.25, 0.3) is 0 Å². The van der Waals surface area contributed by atoms with E-state index in [4.69, 9.17) is 4.74 Å². The Bertz CT molecular complexity index is 332. The number of rotatable bonds is 2. The highest BCUT2D eigenvalue weighted by atomic mass is 79.9. The molecule has 0 bridgehead atoms. The standard InChI is InChI=1S/C8H6BrNO2/c1-12-6-2-3-8(10-5-11)7(9)4-6/h2-4H,1H3. The summed E-state index contributed by atoms with van der Waals surface area (Å²) in [5.74, 6) is 0.715. The second-order valence-corrected chi connectivity index (χ2v) is 2.87. The molecular weight excluding hydrogens is 222 g/mol. The predicted molar refractivity (Wildman–Crippen MR) is 48.5 cm³/mol. The van der Waals surface area contributed by atoms with Gasteiger partial charge in [-0.05, 0) is 34.1 Å². The summed E-state index contributed by atoms with van der Waals surface area (Å²) >= 11 is 3.24. The van der Waals surface area contributed by atoms with E-state index in [9.17, 15) is 4.79 Å². The minimum atomic E-state index is 0.547. The molecule has 62 valence electrons. The molecular formula is C8H6BrNO2. The van der Waals surface area contributed by atoms with E-state index < -0.39 is 0 Å². The fraction of sp³-hybridized carbons (Fsp3) is 0.125. The normalized spacial score (nSPS) is 8.83. The van der Waals surface area contributed by atoms with Crippen molar-refractivity contribution >= 4 is 27.7 Å². The highest BCUT2D eigenvalue weighted by Crippen LogP contribution is 2.28. The maximum atomic E-state index is 9.94. The van der Waals surface area contributed by atoms with Gasteiger partial charge >= 0.3 is 0 Å². The molecule has 4 heteroatoms. The highest BCUT2D eigenvalue weighted by molar-refractivity contribution is 9.10. The molecule has 0 heterocycles. The van der Waals surface area contributed by atoms with Crippen LogP contribution >= 0.6 is 15.9 Å². The molecule has 0 spiro atoms. The van der Waals surface area contributed by atoms with E-state index in [1.807, 2.05) is 0 Å². The van der Waals surface area contributed by atoms with Crippen LogP contribution in [0.4, 0.5) is 5.69 Å². The molecule has 0 N–H and O–H groups in total. The number of ether oxygens (including phenoxy) is 1. The Morgan fingerprint density at radius 3 is 2.83 bits per heavy atom. The third-order valence-electron chi connectivity index (χ3n) is 1.32. The van der Waals surface area contributed by atoms with Gasteiger partial charge in [0, 0.05) is 4.47 Å². The lowest BCUT2D eigenvalue weighted by Gasteiger charge is -2.00. The van der Waals surface area contributed by atoms with Gasteiger partial charge in [0.05, 0.1) is 12.8 Å². The second-order valence-electron chi connectivity index (χ2n) is 2.02. The van der Waals surface area contributed by atoms with Crippen molar-refractivity contribution in [1.29, 1.82) is 0 Å². The minimum Gasteiger partial charge on any atom is -0.497 e. The van der Waals surface area contributed by atoms with Gasteiger partial charge in [0.15, 0.2) is 0 Å². The third-order valence-corrected chi connectivity index (χ3v) is 1.96. The Morgan fingerprint density at radius 1 is 1.58 bits per heavy atom. The highest BCUT2D eigenvalue weighted by Gasteiger charge is 1.99. The molecule has 0 fully saturated rings. The number of carbonyl (C=O) groups excluding carboxylic acids is 1. The van der Waals surface area contributed by atoms with Gasteiger partial charge in [0.2, 0.25) is 6.08 Å². The maximum absolute atomic E-state index is 9.94. The first-order valence-electron chi connectivity index (χ1n) is 3.19. The van der Waals surface area contributed by atoms with Crippen LogP contribution in [0.5, 0.6) is 5.75 Å². The Balaban J connectivity index is 3.11. The molecule has 1 aromatic carbocycles. The van der Waals surface area contributed by atoms with Gasteiger partial charge in [-0.3, -0.25) is 0 Å². The average Bonchev–Trinajstić information content (AvgIpc) is 2.09. The summed E-state index contributed by atoms with van der Waals surface area (Å²) in [6, 6.07) is 5.13. The van der Waals surface area contributed by atoms with Crippen molar-refractivity contribution in [3.8, 4) is 5.75 Å². The number of hydrogen-bond donors (Lipinski definition) is 0. The lowest BCUT2D eigenvalue weighted by atomic mass is 10.3. The first-order chi connectivity index (χ1) is 5.77.